The predicted molar refractivity (Wildman–Crippen MR) is 61.8 cm³/mol. The number of hydrogen-bond acceptors (Lipinski definition) is 3. The van der Waals surface area contributed by atoms with E-state index in [2.05, 4.69) is 4.98 Å². The van der Waals surface area contributed by atoms with Crippen LogP contribution in [0.4, 0.5) is 8.78 Å². The Morgan fingerprint density at radius 3 is 2.68 bits per heavy atom. The fraction of sp³-hybridized carbons (Fsp3) is 0.0833. The molecule has 96 valence electrons. The molecule has 1 aromatic heterocycles. The summed E-state index contributed by atoms with van der Waals surface area (Å²) < 4.78 is 28.5. The molecule has 1 amide bonds. The standard InChI is InChI=1S/C12H8F2N4O/c1-18-9(5-17-12(18)11(16)19)6-2-3-8(13)7(4-15)10(6)14/h2-3,5H,1H3,(H2,16,19). The van der Waals surface area contributed by atoms with Gasteiger partial charge in [-0.25, -0.2) is 13.8 Å². The maximum Gasteiger partial charge on any atom is 0.284 e. The van der Waals surface area contributed by atoms with Crippen molar-refractivity contribution in [2.45, 2.75) is 0 Å². The first kappa shape index (κ1) is 12.7. The van der Waals surface area contributed by atoms with Gasteiger partial charge in [0.05, 0.1) is 11.9 Å². The minimum absolute atomic E-state index is 0.0274. The summed E-state index contributed by atoms with van der Waals surface area (Å²) in [5.74, 6) is -2.77. The van der Waals surface area contributed by atoms with E-state index in [0.29, 0.717) is 0 Å². The zero-order valence-corrected chi connectivity index (χ0v) is 9.82. The number of carbonyl (C=O) groups is 1. The predicted octanol–water partition coefficient (Wildman–Crippen LogP) is 1.34. The van der Waals surface area contributed by atoms with Gasteiger partial charge in [0.25, 0.3) is 5.91 Å². The number of benzene rings is 1. The van der Waals surface area contributed by atoms with Crippen LogP contribution in [0.15, 0.2) is 18.3 Å². The lowest BCUT2D eigenvalue weighted by Gasteiger charge is -2.07. The number of nitrogens with zero attached hydrogens (tertiary/aromatic N) is 3. The molecule has 0 aliphatic carbocycles. The Hall–Kier alpha value is -2.75. The molecule has 2 rings (SSSR count). The largest absolute Gasteiger partial charge is 0.363 e. The topological polar surface area (TPSA) is 84.7 Å². The average Bonchev–Trinajstić information content (AvgIpc) is 2.72. The highest BCUT2D eigenvalue weighted by Gasteiger charge is 2.19. The van der Waals surface area contributed by atoms with Gasteiger partial charge in [-0.15, -0.1) is 0 Å². The van der Waals surface area contributed by atoms with Crippen LogP contribution in [-0.2, 0) is 7.05 Å². The van der Waals surface area contributed by atoms with Crippen molar-refractivity contribution in [3.8, 4) is 17.3 Å². The molecule has 5 nitrogen and oxygen atoms in total. The Labute approximate surface area is 106 Å². The molecule has 0 aliphatic heterocycles. The lowest BCUT2D eigenvalue weighted by Crippen LogP contribution is -2.17. The van der Waals surface area contributed by atoms with Gasteiger partial charge in [-0.1, -0.05) is 0 Å². The summed E-state index contributed by atoms with van der Waals surface area (Å²) in [5, 5.41) is 8.71. The van der Waals surface area contributed by atoms with E-state index in [1.807, 2.05) is 0 Å². The van der Waals surface area contributed by atoms with Crippen LogP contribution in [0.3, 0.4) is 0 Å². The van der Waals surface area contributed by atoms with Crippen molar-refractivity contribution < 1.29 is 13.6 Å². The highest BCUT2D eigenvalue weighted by Crippen LogP contribution is 2.26. The Balaban J connectivity index is 2.68. The summed E-state index contributed by atoms with van der Waals surface area (Å²) in [7, 11) is 1.47. The van der Waals surface area contributed by atoms with Crippen molar-refractivity contribution in [3.63, 3.8) is 0 Å². The second kappa shape index (κ2) is 4.49. The summed E-state index contributed by atoms with van der Waals surface area (Å²) in [4.78, 5) is 14.8. The molecule has 0 radical (unpaired) electrons. The van der Waals surface area contributed by atoms with Gasteiger partial charge in [0, 0.05) is 12.6 Å². The Kier molecular flexibility index (Phi) is 3.00. The Morgan fingerprint density at radius 2 is 2.16 bits per heavy atom. The first-order valence-electron chi connectivity index (χ1n) is 5.17. The van der Waals surface area contributed by atoms with Crippen LogP contribution in [0.2, 0.25) is 0 Å². The fourth-order valence-electron chi connectivity index (χ4n) is 1.74. The van der Waals surface area contributed by atoms with Gasteiger partial charge >= 0.3 is 0 Å². The van der Waals surface area contributed by atoms with Gasteiger partial charge in [-0.3, -0.25) is 4.79 Å². The molecule has 19 heavy (non-hydrogen) atoms. The van der Waals surface area contributed by atoms with Crippen molar-refractivity contribution in [2.75, 3.05) is 0 Å². The van der Waals surface area contributed by atoms with Gasteiger partial charge in [-0.05, 0) is 12.1 Å². The van der Waals surface area contributed by atoms with E-state index in [9.17, 15) is 13.6 Å². The molecular weight excluding hydrogens is 254 g/mol. The van der Waals surface area contributed by atoms with Crippen molar-refractivity contribution >= 4 is 5.91 Å². The van der Waals surface area contributed by atoms with Crippen LogP contribution >= 0.6 is 0 Å². The van der Waals surface area contributed by atoms with E-state index in [4.69, 9.17) is 11.0 Å². The van der Waals surface area contributed by atoms with Crippen molar-refractivity contribution in [1.82, 2.24) is 9.55 Å². The van der Waals surface area contributed by atoms with Gasteiger partial charge in [0.1, 0.15) is 17.4 Å². The summed E-state index contributed by atoms with van der Waals surface area (Å²) in [6, 6.07) is 3.61. The number of rotatable bonds is 2. The smallest absolute Gasteiger partial charge is 0.284 e. The van der Waals surface area contributed by atoms with E-state index < -0.39 is 23.1 Å². The molecule has 1 heterocycles. The van der Waals surface area contributed by atoms with Crippen LogP contribution in [0.5, 0.6) is 0 Å². The zero-order chi connectivity index (χ0) is 14.2. The second-order valence-electron chi connectivity index (χ2n) is 3.79. The van der Waals surface area contributed by atoms with E-state index in [0.717, 1.165) is 6.07 Å². The maximum atomic E-state index is 14.0. The third-order valence-electron chi connectivity index (χ3n) is 2.69. The third-order valence-corrected chi connectivity index (χ3v) is 2.69. The molecule has 2 N–H and O–H groups in total. The number of carbonyl (C=O) groups excluding carboxylic acids is 1. The summed E-state index contributed by atoms with van der Waals surface area (Å²) in [5.41, 5.74) is 4.61. The molecule has 0 aliphatic rings. The van der Waals surface area contributed by atoms with Crippen molar-refractivity contribution in [2.24, 2.45) is 12.8 Å². The molecule has 2 aromatic rings. The molecule has 0 fully saturated rings. The lowest BCUT2D eigenvalue weighted by atomic mass is 10.1. The van der Waals surface area contributed by atoms with Gasteiger partial charge in [0.2, 0.25) is 0 Å². The first-order valence-corrected chi connectivity index (χ1v) is 5.17. The van der Waals surface area contributed by atoms with Gasteiger partial charge in [-0.2, -0.15) is 5.26 Å². The first-order chi connectivity index (χ1) is 8.97. The second-order valence-corrected chi connectivity index (χ2v) is 3.79. The molecular formula is C12H8F2N4O. The molecule has 7 heteroatoms. The molecule has 0 saturated carbocycles. The van der Waals surface area contributed by atoms with Crippen LogP contribution in [0.1, 0.15) is 16.2 Å². The van der Waals surface area contributed by atoms with Crippen LogP contribution < -0.4 is 5.73 Å². The van der Waals surface area contributed by atoms with E-state index >= 15 is 0 Å². The highest BCUT2D eigenvalue weighted by molar-refractivity contribution is 5.90. The number of aromatic nitrogens is 2. The highest BCUT2D eigenvalue weighted by atomic mass is 19.1. The third kappa shape index (κ3) is 1.93. The average molecular weight is 262 g/mol. The number of primary amides is 1. The van der Waals surface area contributed by atoms with Gasteiger partial charge < -0.3 is 10.3 Å². The normalized spacial score (nSPS) is 10.2. The van der Waals surface area contributed by atoms with E-state index in [-0.39, 0.29) is 17.1 Å². The maximum absolute atomic E-state index is 14.0. The number of nitriles is 1. The SMILES string of the molecule is Cn1c(-c2ccc(F)c(C#N)c2F)cnc1C(N)=O. The van der Waals surface area contributed by atoms with Crippen LogP contribution in [0.25, 0.3) is 11.3 Å². The molecule has 0 unspecified atom stereocenters. The van der Waals surface area contributed by atoms with E-state index in [1.54, 1.807) is 0 Å². The Bertz CT molecular complexity index is 715. The molecule has 0 saturated heterocycles. The number of imidazole rings is 1. The quantitative estimate of drug-likeness (QED) is 0.886. The van der Waals surface area contributed by atoms with Gasteiger partial charge in [0.15, 0.2) is 11.6 Å². The number of amides is 1. The monoisotopic (exact) mass is 262 g/mol. The summed E-state index contributed by atoms with van der Waals surface area (Å²) in [6.45, 7) is 0. The van der Waals surface area contributed by atoms with Crippen molar-refractivity contribution in [1.29, 1.82) is 5.26 Å². The van der Waals surface area contributed by atoms with Crippen LogP contribution in [-0.4, -0.2) is 15.5 Å². The minimum atomic E-state index is -0.999. The number of nitrogens with two attached hydrogens (primary N) is 1. The molecule has 0 bridgehead atoms. The van der Waals surface area contributed by atoms with Crippen molar-refractivity contribution in [3.05, 3.63) is 41.4 Å². The number of halogens is 2. The lowest BCUT2D eigenvalue weighted by molar-refractivity contribution is 0.0987. The molecule has 1 aromatic carbocycles. The summed E-state index contributed by atoms with van der Waals surface area (Å²) >= 11 is 0. The van der Waals surface area contributed by atoms with Crippen LogP contribution in [0, 0.1) is 23.0 Å². The minimum Gasteiger partial charge on any atom is -0.363 e. The fourth-order valence-corrected chi connectivity index (χ4v) is 1.74. The molecule has 0 spiro atoms. The molecule has 0 atom stereocenters. The Morgan fingerprint density at radius 1 is 1.47 bits per heavy atom. The number of hydrogen-bond donors (Lipinski definition) is 1. The summed E-state index contributed by atoms with van der Waals surface area (Å²) in [6.07, 6.45) is 1.23. The zero-order valence-electron chi connectivity index (χ0n) is 9.82. The van der Waals surface area contributed by atoms with E-state index in [1.165, 1.54) is 29.9 Å².